The quantitative estimate of drug-likeness (QED) is 0.642. The van der Waals surface area contributed by atoms with Gasteiger partial charge in [-0.25, -0.2) is 4.79 Å². The van der Waals surface area contributed by atoms with Crippen LogP contribution in [0.25, 0.3) is 11.3 Å². The molecule has 0 aliphatic heterocycles. The van der Waals surface area contributed by atoms with E-state index in [0.717, 1.165) is 0 Å². The first-order chi connectivity index (χ1) is 8.49. The third-order valence-corrected chi connectivity index (χ3v) is 2.26. The van der Waals surface area contributed by atoms with E-state index in [1.165, 1.54) is 29.3 Å². The fraction of sp³-hybridized carbons (Fsp3) is 0.100. The molecule has 1 N–H and O–H groups in total. The maximum absolute atomic E-state index is 10.8. The maximum atomic E-state index is 10.8. The summed E-state index contributed by atoms with van der Waals surface area (Å²) in [5, 5.41) is 23.6. The van der Waals surface area contributed by atoms with Crippen molar-refractivity contribution in [3.05, 3.63) is 40.3 Å². The lowest BCUT2D eigenvalue weighted by atomic mass is 10.1. The van der Waals surface area contributed by atoms with E-state index in [9.17, 15) is 14.9 Å². The van der Waals surface area contributed by atoms with E-state index in [2.05, 4.69) is 10.1 Å². The molecule has 0 saturated heterocycles. The van der Waals surface area contributed by atoms with Gasteiger partial charge in [0.2, 0.25) is 0 Å². The lowest BCUT2D eigenvalue weighted by Crippen LogP contribution is -1.98. The molecule has 2 heterocycles. The predicted molar refractivity (Wildman–Crippen MR) is 60.1 cm³/mol. The zero-order valence-electron chi connectivity index (χ0n) is 9.27. The molecule has 0 radical (unpaired) electrons. The zero-order chi connectivity index (χ0) is 13.3. The third-order valence-electron chi connectivity index (χ3n) is 2.26. The Morgan fingerprint density at radius 1 is 1.50 bits per heavy atom. The lowest BCUT2D eigenvalue weighted by molar-refractivity contribution is -0.384. The Morgan fingerprint density at radius 3 is 2.83 bits per heavy atom. The first-order valence-electron chi connectivity index (χ1n) is 4.86. The van der Waals surface area contributed by atoms with E-state index >= 15 is 0 Å². The Bertz CT molecular complexity index is 635. The second-order valence-corrected chi connectivity index (χ2v) is 3.56. The number of rotatable bonds is 3. The van der Waals surface area contributed by atoms with Crippen LogP contribution in [0, 0.1) is 10.1 Å². The molecule has 0 spiro atoms. The molecule has 2 aromatic rings. The maximum Gasteiger partial charge on any atom is 0.337 e. The van der Waals surface area contributed by atoms with Gasteiger partial charge in [-0.15, -0.1) is 0 Å². The fourth-order valence-electron chi connectivity index (χ4n) is 1.50. The first kappa shape index (κ1) is 11.7. The van der Waals surface area contributed by atoms with E-state index in [1.807, 2.05) is 0 Å². The van der Waals surface area contributed by atoms with Crippen LogP contribution in [0.3, 0.4) is 0 Å². The zero-order valence-corrected chi connectivity index (χ0v) is 9.27. The molecule has 92 valence electrons. The number of aryl methyl sites for hydroxylation is 1. The van der Waals surface area contributed by atoms with Crippen molar-refractivity contribution in [3.8, 4) is 11.3 Å². The molecule has 8 heteroatoms. The van der Waals surface area contributed by atoms with Crippen molar-refractivity contribution in [2.45, 2.75) is 0 Å². The lowest BCUT2D eigenvalue weighted by Gasteiger charge is -1.98. The molecule has 0 fully saturated rings. The van der Waals surface area contributed by atoms with Crippen LogP contribution in [0.15, 0.2) is 24.7 Å². The topological polar surface area (TPSA) is 111 Å². The van der Waals surface area contributed by atoms with Crippen molar-refractivity contribution < 1.29 is 14.8 Å². The molecule has 0 unspecified atom stereocenters. The van der Waals surface area contributed by atoms with Crippen molar-refractivity contribution in [3.63, 3.8) is 0 Å². The number of hydrogen-bond donors (Lipinski definition) is 1. The smallest absolute Gasteiger partial charge is 0.337 e. The summed E-state index contributed by atoms with van der Waals surface area (Å²) < 4.78 is 1.29. The second kappa shape index (κ2) is 4.24. The molecule has 0 aliphatic rings. The number of aromatic nitrogens is 3. The number of carbonyl (C=O) groups is 1. The van der Waals surface area contributed by atoms with Gasteiger partial charge in [0.25, 0.3) is 0 Å². The van der Waals surface area contributed by atoms with Crippen LogP contribution in [0.2, 0.25) is 0 Å². The monoisotopic (exact) mass is 248 g/mol. The molecule has 18 heavy (non-hydrogen) atoms. The highest BCUT2D eigenvalue weighted by Crippen LogP contribution is 2.27. The van der Waals surface area contributed by atoms with Crippen LogP contribution in [-0.4, -0.2) is 30.8 Å². The minimum atomic E-state index is -1.15. The Hall–Kier alpha value is -2.77. The first-order valence-corrected chi connectivity index (χ1v) is 4.86. The molecular formula is C10H8N4O4. The summed E-state index contributed by atoms with van der Waals surface area (Å²) in [6, 6.07) is 1.30. The number of nitro groups is 1. The number of carboxylic acid groups (broad SMARTS) is 1. The van der Waals surface area contributed by atoms with Crippen LogP contribution in [0.4, 0.5) is 5.69 Å². The molecule has 0 bridgehead atoms. The van der Waals surface area contributed by atoms with Crippen LogP contribution in [0.1, 0.15) is 10.4 Å². The number of aromatic carboxylic acids is 1. The van der Waals surface area contributed by atoms with Gasteiger partial charge in [0.05, 0.1) is 10.5 Å². The Balaban J connectivity index is 2.58. The molecule has 2 aromatic heterocycles. The highest BCUT2D eigenvalue weighted by molar-refractivity contribution is 5.89. The molecule has 0 saturated carbocycles. The molecule has 0 aliphatic carbocycles. The second-order valence-electron chi connectivity index (χ2n) is 3.56. The summed E-state index contributed by atoms with van der Waals surface area (Å²) in [5.41, 5.74) is 0.148. The van der Waals surface area contributed by atoms with Gasteiger partial charge in [0.15, 0.2) is 5.69 Å². The van der Waals surface area contributed by atoms with Crippen molar-refractivity contribution in [1.82, 2.24) is 14.8 Å². The van der Waals surface area contributed by atoms with Crippen LogP contribution in [-0.2, 0) is 7.05 Å². The van der Waals surface area contributed by atoms with E-state index in [-0.39, 0.29) is 16.9 Å². The number of pyridine rings is 1. The van der Waals surface area contributed by atoms with Crippen LogP contribution >= 0.6 is 0 Å². The summed E-state index contributed by atoms with van der Waals surface area (Å²) in [7, 11) is 1.55. The van der Waals surface area contributed by atoms with Crippen molar-refractivity contribution in [2.24, 2.45) is 7.05 Å². The highest BCUT2D eigenvalue weighted by Gasteiger charge is 2.21. The molecule has 0 atom stereocenters. The van der Waals surface area contributed by atoms with Crippen LogP contribution < -0.4 is 0 Å². The molecule has 0 aromatic carbocycles. The molecule has 8 nitrogen and oxygen atoms in total. The summed E-state index contributed by atoms with van der Waals surface area (Å²) in [6.45, 7) is 0. The minimum absolute atomic E-state index is 0.0487. The van der Waals surface area contributed by atoms with Gasteiger partial charge in [0, 0.05) is 25.0 Å². The van der Waals surface area contributed by atoms with Crippen LogP contribution in [0.5, 0.6) is 0 Å². The summed E-state index contributed by atoms with van der Waals surface area (Å²) in [4.78, 5) is 24.8. The SMILES string of the molecule is Cn1cc([N+](=O)[O-])c(-c2cncc(C(=O)O)c2)n1. The van der Waals surface area contributed by atoms with Gasteiger partial charge < -0.3 is 5.11 Å². The summed E-state index contributed by atoms with van der Waals surface area (Å²) in [6.07, 6.45) is 3.76. The Morgan fingerprint density at radius 2 is 2.22 bits per heavy atom. The van der Waals surface area contributed by atoms with E-state index in [4.69, 9.17) is 5.11 Å². The number of hydrogen-bond acceptors (Lipinski definition) is 5. The summed E-state index contributed by atoms with van der Waals surface area (Å²) in [5.74, 6) is -1.15. The van der Waals surface area contributed by atoms with Gasteiger partial charge in [-0.3, -0.25) is 19.8 Å². The number of carboxylic acids is 1. The van der Waals surface area contributed by atoms with Crippen molar-refractivity contribution in [2.75, 3.05) is 0 Å². The van der Waals surface area contributed by atoms with E-state index < -0.39 is 10.9 Å². The highest BCUT2D eigenvalue weighted by atomic mass is 16.6. The average Bonchev–Trinajstić information content (AvgIpc) is 2.72. The van der Waals surface area contributed by atoms with Gasteiger partial charge in [-0.2, -0.15) is 5.10 Å². The number of nitrogens with zero attached hydrogens (tertiary/aromatic N) is 4. The molecule has 0 amide bonds. The van der Waals surface area contributed by atoms with Gasteiger partial charge in [0.1, 0.15) is 6.20 Å². The largest absolute Gasteiger partial charge is 0.478 e. The minimum Gasteiger partial charge on any atom is -0.478 e. The average molecular weight is 248 g/mol. The predicted octanol–water partition coefficient (Wildman–Crippen LogP) is 1.09. The van der Waals surface area contributed by atoms with Crippen molar-refractivity contribution >= 4 is 11.7 Å². The molecular weight excluding hydrogens is 240 g/mol. The van der Waals surface area contributed by atoms with E-state index in [1.54, 1.807) is 7.05 Å². The Labute approximate surface area is 101 Å². The van der Waals surface area contributed by atoms with Gasteiger partial charge in [-0.05, 0) is 6.07 Å². The van der Waals surface area contributed by atoms with Gasteiger partial charge >= 0.3 is 11.7 Å². The van der Waals surface area contributed by atoms with Crippen molar-refractivity contribution in [1.29, 1.82) is 0 Å². The standard InChI is InChI=1S/C10H8N4O4/c1-13-5-8(14(17)18)9(12-13)6-2-7(10(15)16)4-11-3-6/h2-5H,1H3,(H,15,16). The normalized spacial score (nSPS) is 10.3. The van der Waals surface area contributed by atoms with Gasteiger partial charge in [-0.1, -0.05) is 0 Å². The molecule has 2 rings (SSSR count). The Kier molecular flexibility index (Phi) is 2.76. The van der Waals surface area contributed by atoms with E-state index in [0.29, 0.717) is 5.56 Å². The third kappa shape index (κ3) is 2.03. The fourth-order valence-corrected chi connectivity index (χ4v) is 1.50. The summed E-state index contributed by atoms with van der Waals surface area (Å²) >= 11 is 0.